The van der Waals surface area contributed by atoms with Crippen molar-refractivity contribution in [1.82, 2.24) is 5.32 Å². The van der Waals surface area contributed by atoms with E-state index in [4.69, 9.17) is 9.47 Å². The first-order chi connectivity index (χ1) is 8.57. The van der Waals surface area contributed by atoms with Crippen LogP contribution in [0.25, 0.3) is 0 Å². The van der Waals surface area contributed by atoms with Gasteiger partial charge in [-0.25, -0.2) is 0 Å². The average molecular weight is 255 g/mol. The quantitative estimate of drug-likeness (QED) is 0.786. The Balaban J connectivity index is 1.75. The Kier molecular flexibility index (Phi) is 5.05. The van der Waals surface area contributed by atoms with E-state index in [1.165, 1.54) is 38.5 Å². The second-order valence-corrected chi connectivity index (χ2v) is 6.43. The van der Waals surface area contributed by atoms with E-state index in [0.717, 1.165) is 19.1 Å². The maximum Gasteiger partial charge on any atom is 0.162 e. The summed E-state index contributed by atoms with van der Waals surface area (Å²) >= 11 is 0. The summed E-state index contributed by atoms with van der Waals surface area (Å²) in [6, 6.07) is 0.942. The van der Waals surface area contributed by atoms with Crippen molar-refractivity contribution in [3.05, 3.63) is 0 Å². The van der Waals surface area contributed by atoms with Crippen LogP contribution in [0.2, 0.25) is 0 Å². The fourth-order valence-electron chi connectivity index (χ4n) is 3.11. The van der Waals surface area contributed by atoms with E-state index in [1.807, 2.05) is 13.8 Å². The highest BCUT2D eigenvalue weighted by Crippen LogP contribution is 2.26. The van der Waals surface area contributed by atoms with E-state index in [2.05, 4.69) is 12.2 Å². The molecule has 0 spiro atoms. The molecule has 1 heterocycles. The van der Waals surface area contributed by atoms with Gasteiger partial charge in [-0.2, -0.15) is 0 Å². The molecule has 0 radical (unpaired) electrons. The highest BCUT2D eigenvalue weighted by molar-refractivity contribution is 4.81. The second-order valence-electron chi connectivity index (χ2n) is 6.43. The number of hydrogen-bond acceptors (Lipinski definition) is 3. The van der Waals surface area contributed by atoms with Gasteiger partial charge in [0.25, 0.3) is 0 Å². The minimum atomic E-state index is -0.399. The highest BCUT2D eigenvalue weighted by atomic mass is 16.7. The predicted octanol–water partition coefficient (Wildman–Crippen LogP) is 3.09. The van der Waals surface area contributed by atoms with Gasteiger partial charge in [0.05, 0.1) is 19.3 Å². The Hall–Kier alpha value is -0.120. The SMILES string of the molecule is C[C@H](NC1COC(C)(C)OC1)C1CCCCCC1. The molecular formula is C15H29NO2. The number of nitrogens with one attached hydrogen (secondary N) is 1. The van der Waals surface area contributed by atoms with Gasteiger partial charge in [0, 0.05) is 6.04 Å². The maximum atomic E-state index is 5.71. The predicted molar refractivity (Wildman–Crippen MR) is 73.6 cm³/mol. The van der Waals surface area contributed by atoms with Gasteiger partial charge >= 0.3 is 0 Å². The second kappa shape index (κ2) is 6.36. The molecule has 0 bridgehead atoms. The van der Waals surface area contributed by atoms with Crippen LogP contribution in [0.15, 0.2) is 0 Å². The van der Waals surface area contributed by atoms with Crippen molar-refractivity contribution >= 4 is 0 Å². The zero-order valence-electron chi connectivity index (χ0n) is 12.2. The third-order valence-corrected chi connectivity index (χ3v) is 4.37. The molecule has 0 aromatic heterocycles. The van der Waals surface area contributed by atoms with Crippen molar-refractivity contribution in [2.75, 3.05) is 13.2 Å². The minimum absolute atomic E-state index is 0.358. The van der Waals surface area contributed by atoms with Gasteiger partial charge in [0.2, 0.25) is 0 Å². The van der Waals surface area contributed by atoms with Gasteiger partial charge in [-0.05, 0) is 39.5 Å². The van der Waals surface area contributed by atoms with Crippen molar-refractivity contribution in [2.24, 2.45) is 5.92 Å². The molecule has 3 nitrogen and oxygen atoms in total. The number of hydrogen-bond donors (Lipinski definition) is 1. The Bertz CT molecular complexity index is 237. The van der Waals surface area contributed by atoms with Crippen LogP contribution in [-0.4, -0.2) is 31.1 Å². The largest absolute Gasteiger partial charge is 0.349 e. The van der Waals surface area contributed by atoms with Gasteiger partial charge in [0.1, 0.15) is 0 Å². The van der Waals surface area contributed by atoms with E-state index in [-0.39, 0.29) is 0 Å². The van der Waals surface area contributed by atoms with E-state index in [1.54, 1.807) is 0 Å². The van der Waals surface area contributed by atoms with E-state index in [0.29, 0.717) is 12.1 Å². The summed E-state index contributed by atoms with van der Waals surface area (Å²) in [4.78, 5) is 0. The molecule has 1 aliphatic carbocycles. The lowest BCUT2D eigenvalue weighted by Gasteiger charge is -2.37. The Morgan fingerprint density at radius 1 is 1.00 bits per heavy atom. The van der Waals surface area contributed by atoms with Gasteiger partial charge in [0.15, 0.2) is 5.79 Å². The number of rotatable bonds is 3. The lowest BCUT2D eigenvalue weighted by atomic mass is 9.92. The van der Waals surface area contributed by atoms with Crippen LogP contribution in [-0.2, 0) is 9.47 Å². The molecule has 2 rings (SSSR count). The fourth-order valence-corrected chi connectivity index (χ4v) is 3.11. The third kappa shape index (κ3) is 4.22. The normalized spacial score (nSPS) is 28.8. The summed E-state index contributed by atoms with van der Waals surface area (Å²) < 4.78 is 11.4. The first-order valence-electron chi connectivity index (χ1n) is 7.61. The Morgan fingerprint density at radius 2 is 1.56 bits per heavy atom. The first-order valence-corrected chi connectivity index (χ1v) is 7.61. The molecule has 1 saturated carbocycles. The van der Waals surface area contributed by atoms with Crippen LogP contribution < -0.4 is 5.32 Å². The summed E-state index contributed by atoms with van der Waals surface area (Å²) in [5, 5.41) is 3.70. The van der Waals surface area contributed by atoms with Gasteiger partial charge in [-0.1, -0.05) is 25.7 Å². The van der Waals surface area contributed by atoms with Crippen molar-refractivity contribution < 1.29 is 9.47 Å². The summed E-state index contributed by atoms with van der Waals surface area (Å²) in [6.07, 6.45) is 8.42. The summed E-state index contributed by atoms with van der Waals surface area (Å²) in [7, 11) is 0. The molecule has 1 aliphatic heterocycles. The van der Waals surface area contributed by atoms with E-state index < -0.39 is 5.79 Å². The summed E-state index contributed by atoms with van der Waals surface area (Å²) in [6.45, 7) is 7.83. The minimum Gasteiger partial charge on any atom is -0.349 e. The smallest absolute Gasteiger partial charge is 0.162 e. The molecule has 3 heteroatoms. The summed E-state index contributed by atoms with van der Waals surface area (Å²) in [5.41, 5.74) is 0. The standard InChI is InChI=1S/C15H29NO2/c1-12(13-8-6-4-5-7-9-13)16-14-10-17-15(2,3)18-11-14/h12-14,16H,4-11H2,1-3H3/t12-/m0/s1. The third-order valence-electron chi connectivity index (χ3n) is 4.37. The fraction of sp³-hybridized carbons (Fsp3) is 1.00. The average Bonchev–Trinajstić information content (AvgIpc) is 2.60. The van der Waals surface area contributed by atoms with Crippen molar-refractivity contribution in [1.29, 1.82) is 0 Å². The van der Waals surface area contributed by atoms with Crippen molar-refractivity contribution in [3.63, 3.8) is 0 Å². The van der Waals surface area contributed by atoms with Crippen molar-refractivity contribution in [3.8, 4) is 0 Å². The molecular weight excluding hydrogens is 226 g/mol. The molecule has 2 aliphatic rings. The van der Waals surface area contributed by atoms with Crippen LogP contribution in [0.5, 0.6) is 0 Å². The lowest BCUT2D eigenvalue weighted by molar-refractivity contribution is -0.253. The topological polar surface area (TPSA) is 30.5 Å². The molecule has 0 aromatic rings. The molecule has 18 heavy (non-hydrogen) atoms. The van der Waals surface area contributed by atoms with Gasteiger partial charge in [-0.3, -0.25) is 0 Å². The van der Waals surface area contributed by atoms with Crippen LogP contribution in [0.3, 0.4) is 0 Å². The Morgan fingerprint density at radius 3 is 2.11 bits per heavy atom. The molecule has 1 saturated heterocycles. The zero-order valence-corrected chi connectivity index (χ0v) is 12.2. The molecule has 0 amide bonds. The highest BCUT2D eigenvalue weighted by Gasteiger charge is 2.30. The number of ether oxygens (including phenoxy) is 2. The monoisotopic (exact) mass is 255 g/mol. The molecule has 106 valence electrons. The molecule has 0 unspecified atom stereocenters. The van der Waals surface area contributed by atoms with Crippen molar-refractivity contribution in [2.45, 2.75) is 77.2 Å². The maximum absolute atomic E-state index is 5.71. The molecule has 1 atom stereocenters. The van der Waals surface area contributed by atoms with Crippen LogP contribution in [0, 0.1) is 5.92 Å². The molecule has 2 fully saturated rings. The summed E-state index contributed by atoms with van der Waals surface area (Å²) in [5.74, 6) is 0.437. The van der Waals surface area contributed by atoms with Crippen LogP contribution >= 0.6 is 0 Å². The van der Waals surface area contributed by atoms with E-state index >= 15 is 0 Å². The first kappa shape index (κ1) is 14.3. The van der Waals surface area contributed by atoms with Crippen LogP contribution in [0.4, 0.5) is 0 Å². The van der Waals surface area contributed by atoms with Crippen LogP contribution in [0.1, 0.15) is 59.3 Å². The van der Waals surface area contributed by atoms with Gasteiger partial charge in [-0.15, -0.1) is 0 Å². The zero-order chi connectivity index (χ0) is 13.0. The Labute approximate surface area is 112 Å². The molecule has 1 N–H and O–H groups in total. The van der Waals surface area contributed by atoms with Gasteiger partial charge < -0.3 is 14.8 Å². The lowest BCUT2D eigenvalue weighted by Crippen LogP contribution is -2.52. The molecule has 0 aromatic carbocycles. The van der Waals surface area contributed by atoms with E-state index in [9.17, 15) is 0 Å².